The topological polar surface area (TPSA) is 57.6 Å². The molecule has 0 aliphatic carbocycles. The molecule has 1 aromatic rings. The molecule has 4 nitrogen and oxygen atoms in total. The number of thiocarbonyl (C=S) groups is 1. The van der Waals surface area contributed by atoms with Crippen LogP contribution in [0.15, 0.2) is 17.0 Å². The van der Waals surface area contributed by atoms with Gasteiger partial charge in [-0.15, -0.1) is 0 Å². The van der Waals surface area contributed by atoms with E-state index in [1.165, 1.54) is 6.08 Å². The molecule has 0 bridgehead atoms. The molecule has 9 heteroatoms. The summed E-state index contributed by atoms with van der Waals surface area (Å²) >= 11 is 24.0. The third kappa shape index (κ3) is 3.52. The minimum absolute atomic E-state index is 0.169. The average molecular weight is 383 g/mol. The zero-order chi connectivity index (χ0) is 15.7. The molecule has 1 fully saturated rings. The molecule has 2 rings (SSSR count). The highest BCUT2D eigenvalue weighted by atomic mass is 35.5. The van der Waals surface area contributed by atoms with E-state index < -0.39 is 18.4 Å². The van der Waals surface area contributed by atoms with Crippen molar-refractivity contribution in [3.8, 4) is 0 Å². The summed E-state index contributed by atoms with van der Waals surface area (Å²) in [5.41, 5.74) is 0.390. The van der Waals surface area contributed by atoms with Gasteiger partial charge in [-0.1, -0.05) is 58.8 Å². The van der Waals surface area contributed by atoms with Crippen LogP contribution in [0, 0.1) is 0 Å². The fourth-order valence-electron chi connectivity index (χ4n) is 1.58. The Labute approximate surface area is 144 Å². The van der Waals surface area contributed by atoms with E-state index in [4.69, 9.17) is 52.1 Å². The molecule has 1 aliphatic rings. The van der Waals surface area contributed by atoms with E-state index in [1.807, 2.05) is 0 Å². The van der Waals surface area contributed by atoms with Crippen LogP contribution in [0.2, 0.25) is 15.1 Å². The van der Waals surface area contributed by atoms with Gasteiger partial charge in [-0.05, 0) is 18.2 Å². The van der Waals surface area contributed by atoms with Crippen LogP contribution in [0.4, 0.5) is 0 Å². The van der Waals surface area contributed by atoms with E-state index in [-0.39, 0.29) is 14.2 Å². The smallest absolute Gasteiger partial charge is 0.323 e. The summed E-state index contributed by atoms with van der Waals surface area (Å²) in [6.45, 7) is -0.487. The lowest BCUT2D eigenvalue weighted by Gasteiger charge is -2.10. The van der Waals surface area contributed by atoms with Gasteiger partial charge in [0, 0.05) is 10.6 Å². The van der Waals surface area contributed by atoms with Gasteiger partial charge < -0.3 is 5.11 Å². The van der Waals surface area contributed by atoms with Gasteiger partial charge >= 0.3 is 5.97 Å². The lowest BCUT2D eigenvalue weighted by Crippen LogP contribution is -2.33. The number of hydrogen-bond donors (Lipinski definition) is 1. The molecule has 110 valence electrons. The molecule has 21 heavy (non-hydrogen) atoms. The Morgan fingerprint density at radius 2 is 1.95 bits per heavy atom. The molecule has 0 aromatic heterocycles. The average Bonchev–Trinajstić information content (AvgIpc) is 2.66. The van der Waals surface area contributed by atoms with Crippen LogP contribution in [0.1, 0.15) is 5.56 Å². The van der Waals surface area contributed by atoms with Gasteiger partial charge in [0.05, 0.1) is 15.0 Å². The molecule has 0 saturated carbocycles. The largest absolute Gasteiger partial charge is 0.480 e. The van der Waals surface area contributed by atoms with Crippen molar-refractivity contribution >= 4 is 81.1 Å². The standard InChI is InChI=1S/C12H6Cl3NO3S2/c13-6-1-2-7(14)10(15)5(6)3-8-11(19)16(4-9(17)18)12(20)21-8/h1-3H,4H2,(H,17,18)/b8-3-. The lowest BCUT2D eigenvalue weighted by molar-refractivity contribution is -0.140. The second-order valence-electron chi connectivity index (χ2n) is 3.92. The molecule has 0 unspecified atom stereocenters. The van der Waals surface area contributed by atoms with Crippen molar-refractivity contribution in [2.24, 2.45) is 0 Å². The van der Waals surface area contributed by atoms with Crippen LogP contribution < -0.4 is 0 Å². The number of rotatable bonds is 3. The highest BCUT2D eigenvalue weighted by Gasteiger charge is 2.33. The molecule has 1 heterocycles. The van der Waals surface area contributed by atoms with Crippen molar-refractivity contribution in [3.05, 3.63) is 37.7 Å². The summed E-state index contributed by atoms with van der Waals surface area (Å²) < 4.78 is 0.169. The first-order chi connectivity index (χ1) is 9.81. The van der Waals surface area contributed by atoms with Gasteiger partial charge in [0.15, 0.2) is 0 Å². The number of benzene rings is 1. The predicted molar refractivity (Wildman–Crippen MR) is 89.0 cm³/mol. The van der Waals surface area contributed by atoms with Crippen molar-refractivity contribution in [1.29, 1.82) is 0 Å². The predicted octanol–water partition coefficient (Wildman–Crippen LogP) is 3.93. The van der Waals surface area contributed by atoms with Gasteiger partial charge in [0.2, 0.25) is 0 Å². The summed E-state index contributed by atoms with van der Waals surface area (Å²) in [6.07, 6.45) is 1.46. The summed E-state index contributed by atoms with van der Waals surface area (Å²) in [4.78, 5) is 24.1. The third-order valence-corrected chi connectivity index (χ3v) is 5.05. The van der Waals surface area contributed by atoms with Crippen LogP contribution >= 0.6 is 58.8 Å². The highest BCUT2D eigenvalue weighted by Crippen LogP contribution is 2.37. The molecule has 0 radical (unpaired) electrons. The van der Waals surface area contributed by atoms with Crippen LogP contribution in [-0.2, 0) is 9.59 Å². The van der Waals surface area contributed by atoms with Crippen LogP contribution in [0.25, 0.3) is 6.08 Å². The highest BCUT2D eigenvalue weighted by molar-refractivity contribution is 8.26. The molecule has 0 spiro atoms. The number of thioether (sulfide) groups is 1. The zero-order valence-corrected chi connectivity index (χ0v) is 14.0. The SMILES string of the molecule is O=C(O)CN1C(=O)/C(=C/c2c(Cl)ccc(Cl)c2Cl)SC1=S. The van der Waals surface area contributed by atoms with E-state index in [2.05, 4.69) is 0 Å². The van der Waals surface area contributed by atoms with Gasteiger partial charge in [-0.25, -0.2) is 0 Å². The summed E-state index contributed by atoms with van der Waals surface area (Å²) in [5, 5.41) is 9.61. The monoisotopic (exact) mass is 381 g/mol. The number of aliphatic carboxylic acids is 1. The number of amides is 1. The number of halogens is 3. The van der Waals surface area contributed by atoms with E-state index in [0.29, 0.717) is 15.6 Å². The molecule has 1 saturated heterocycles. The summed E-state index contributed by atoms with van der Waals surface area (Å²) in [7, 11) is 0. The Bertz CT molecular complexity index is 691. The Hall–Kier alpha value is -0.790. The maximum absolute atomic E-state index is 12.1. The first-order valence-electron chi connectivity index (χ1n) is 5.42. The Balaban J connectivity index is 2.40. The number of hydrogen-bond acceptors (Lipinski definition) is 4. The lowest BCUT2D eigenvalue weighted by atomic mass is 10.2. The van der Waals surface area contributed by atoms with Crippen molar-refractivity contribution in [2.45, 2.75) is 0 Å². The molecule has 1 aromatic carbocycles. The van der Waals surface area contributed by atoms with Crippen molar-refractivity contribution in [3.63, 3.8) is 0 Å². The fraction of sp³-hybridized carbons (Fsp3) is 0.0833. The molecule has 1 aliphatic heterocycles. The molecule has 1 amide bonds. The zero-order valence-electron chi connectivity index (χ0n) is 10.1. The third-order valence-electron chi connectivity index (χ3n) is 2.52. The number of nitrogens with zero attached hydrogens (tertiary/aromatic N) is 1. The van der Waals surface area contributed by atoms with Crippen molar-refractivity contribution in [2.75, 3.05) is 6.54 Å². The molecule has 1 N–H and O–H groups in total. The number of carboxylic acids is 1. The Morgan fingerprint density at radius 3 is 2.57 bits per heavy atom. The number of carbonyl (C=O) groups excluding carboxylic acids is 1. The van der Waals surface area contributed by atoms with Crippen LogP contribution in [-0.4, -0.2) is 32.7 Å². The molecular weight excluding hydrogens is 377 g/mol. The first-order valence-corrected chi connectivity index (χ1v) is 7.77. The van der Waals surface area contributed by atoms with E-state index in [1.54, 1.807) is 12.1 Å². The van der Waals surface area contributed by atoms with E-state index in [0.717, 1.165) is 16.7 Å². The van der Waals surface area contributed by atoms with Gasteiger partial charge in [0.25, 0.3) is 5.91 Å². The Kier molecular flexibility index (Phi) is 5.16. The van der Waals surface area contributed by atoms with Crippen molar-refractivity contribution in [1.82, 2.24) is 4.90 Å². The van der Waals surface area contributed by atoms with Crippen molar-refractivity contribution < 1.29 is 14.7 Å². The van der Waals surface area contributed by atoms with Crippen LogP contribution in [0.5, 0.6) is 0 Å². The number of carbonyl (C=O) groups is 2. The van der Waals surface area contributed by atoms with Gasteiger partial charge in [-0.2, -0.15) is 0 Å². The maximum atomic E-state index is 12.1. The molecular formula is C12H6Cl3NO3S2. The fourth-order valence-corrected chi connectivity index (χ4v) is 3.46. The summed E-state index contributed by atoms with van der Waals surface area (Å²) in [5.74, 6) is -1.65. The van der Waals surface area contributed by atoms with Gasteiger partial charge in [0.1, 0.15) is 10.9 Å². The quantitative estimate of drug-likeness (QED) is 0.487. The van der Waals surface area contributed by atoms with Crippen LogP contribution in [0.3, 0.4) is 0 Å². The minimum atomic E-state index is -1.15. The van der Waals surface area contributed by atoms with Gasteiger partial charge in [-0.3, -0.25) is 14.5 Å². The van der Waals surface area contributed by atoms with E-state index in [9.17, 15) is 9.59 Å². The minimum Gasteiger partial charge on any atom is -0.480 e. The maximum Gasteiger partial charge on any atom is 0.323 e. The summed E-state index contributed by atoms with van der Waals surface area (Å²) in [6, 6.07) is 3.10. The number of carboxylic acid groups (broad SMARTS) is 1. The first kappa shape index (κ1) is 16.6. The Morgan fingerprint density at radius 1 is 1.33 bits per heavy atom. The second-order valence-corrected chi connectivity index (χ2v) is 6.79. The van der Waals surface area contributed by atoms with E-state index >= 15 is 0 Å². The molecule has 0 atom stereocenters. The second kappa shape index (κ2) is 6.54. The normalized spacial score (nSPS) is 16.9.